The minimum atomic E-state index is -3.63. The molecule has 3 amide bonds. The van der Waals surface area contributed by atoms with E-state index in [9.17, 15) is 28.0 Å². The van der Waals surface area contributed by atoms with Crippen molar-refractivity contribution in [2.45, 2.75) is 57.6 Å². The van der Waals surface area contributed by atoms with Crippen LogP contribution in [0.15, 0.2) is 42.5 Å². The van der Waals surface area contributed by atoms with E-state index in [1.807, 2.05) is 26.1 Å². The summed E-state index contributed by atoms with van der Waals surface area (Å²) in [6.45, 7) is 5.66. The van der Waals surface area contributed by atoms with Crippen molar-refractivity contribution in [3.05, 3.63) is 59.7 Å². The number of nitrogens with one attached hydrogen (secondary N) is 3. The summed E-state index contributed by atoms with van der Waals surface area (Å²) < 4.78 is 37.5. The van der Waals surface area contributed by atoms with Gasteiger partial charge < -0.3 is 40.7 Å². The summed E-state index contributed by atoms with van der Waals surface area (Å²) in [5.74, 6) is -9.36. The van der Waals surface area contributed by atoms with Crippen molar-refractivity contribution in [1.29, 1.82) is 0 Å². The largest absolute Gasteiger partial charge is 0.480 e. The van der Waals surface area contributed by atoms with Crippen molar-refractivity contribution >= 4 is 29.7 Å². The summed E-state index contributed by atoms with van der Waals surface area (Å²) >= 11 is 0. The Morgan fingerprint density at radius 1 is 1.00 bits per heavy atom. The number of carbonyl (C=O) groups is 4. The molecule has 0 aliphatic rings. The highest BCUT2D eigenvalue weighted by Gasteiger charge is 2.30. The highest BCUT2D eigenvalue weighted by molar-refractivity contribution is 6.00. The average Bonchev–Trinajstić information content (AvgIpc) is 2.91. The Bertz CT molecular complexity index is 1180. The normalized spacial score (nSPS) is 11.8. The molecule has 2 rings (SSSR count). The molecule has 2 aromatic carbocycles. The lowest BCUT2D eigenvalue weighted by Gasteiger charge is -2.19. The maximum absolute atomic E-state index is 13.8. The summed E-state index contributed by atoms with van der Waals surface area (Å²) in [7, 11) is 1.71. The van der Waals surface area contributed by atoms with Crippen molar-refractivity contribution in [3.63, 3.8) is 0 Å². The van der Waals surface area contributed by atoms with Gasteiger partial charge >= 0.3 is 11.9 Å². The Morgan fingerprint density at radius 3 is 2.14 bits per heavy atom. The van der Waals surface area contributed by atoms with Gasteiger partial charge in [-0.05, 0) is 70.4 Å². The molecule has 0 spiro atoms. The lowest BCUT2D eigenvalue weighted by molar-refractivity contribution is -0.284. The first-order chi connectivity index (χ1) is 19.6. The molecule has 0 bridgehead atoms. The number of hydrogen-bond donors (Lipinski definition) is 6. The number of amides is 3. The lowest BCUT2D eigenvalue weighted by Crippen LogP contribution is -2.43. The number of halogens is 2. The van der Waals surface area contributed by atoms with Gasteiger partial charge in [0.25, 0.3) is 5.91 Å². The van der Waals surface area contributed by atoms with Gasteiger partial charge in [-0.1, -0.05) is 12.1 Å². The van der Waals surface area contributed by atoms with Crippen LogP contribution in [0.4, 0.5) is 14.5 Å². The topological polar surface area (TPSA) is 184 Å². The number of methoxy groups -OCH3 is 1. The SMILES string of the molecule is COC(C)(C)C.O=CNCCCCC(NC(=O)c1cccc(NC(=O)C(O)(O)O)c1)C(=O)COc1c(F)cccc1F. The number of benzene rings is 2. The second-order valence-electron chi connectivity index (χ2n) is 9.89. The molecule has 12 nitrogen and oxygen atoms in total. The zero-order chi connectivity index (χ0) is 31.9. The lowest BCUT2D eigenvalue weighted by atomic mass is 10.0. The van der Waals surface area contributed by atoms with E-state index in [2.05, 4.69) is 10.6 Å². The molecule has 0 fully saturated rings. The smallest absolute Gasteiger partial charge is 0.360 e. The van der Waals surface area contributed by atoms with E-state index in [-0.39, 0.29) is 23.3 Å². The van der Waals surface area contributed by atoms with Crippen LogP contribution in [0, 0.1) is 11.6 Å². The van der Waals surface area contributed by atoms with Gasteiger partial charge in [0.2, 0.25) is 6.41 Å². The average molecular weight is 598 g/mol. The van der Waals surface area contributed by atoms with Crippen LogP contribution in [0.2, 0.25) is 0 Å². The molecule has 0 aromatic heterocycles. The van der Waals surface area contributed by atoms with E-state index in [4.69, 9.17) is 24.8 Å². The van der Waals surface area contributed by atoms with E-state index in [0.29, 0.717) is 25.8 Å². The van der Waals surface area contributed by atoms with Crippen LogP contribution < -0.4 is 20.7 Å². The Kier molecular flexibility index (Phi) is 14.7. The molecule has 2 aromatic rings. The number of unbranched alkanes of at least 4 members (excludes halogenated alkanes) is 1. The molecule has 0 saturated carbocycles. The van der Waals surface area contributed by atoms with Crippen molar-refractivity contribution in [2.24, 2.45) is 0 Å². The third kappa shape index (κ3) is 13.6. The quantitative estimate of drug-likeness (QED) is 0.107. The fourth-order valence-corrected chi connectivity index (χ4v) is 3.01. The molecule has 1 atom stereocenters. The number of Topliss-reactive ketones (excluding diaryl/α,β-unsaturated/α-hetero) is 1. The Hall–Kier alpha value is -3.98. The van der Waals surface area contributed by atoms with Crippen molar-refractivity contribution in [3.8, 4) is 5.75 Å². The van der Waals surface area contributed by atoms with E-state index in [0.717, 1.165) is 24.3 Å². The first kappa shape index (κ1) is 36.0. The van der Waals surface area contributed by atoms with Crippen molar-refractivity contribution in [1.82, 2.24) is 10.6 Å². The fourth-order valence-electron chi connectivity index (χ4n) is 3.01. The van der Waals surface area contributed by atoms with Gasteiger partial charge in [-0.3, -0.25) is 19.2 Å². The molecule has 0 heterocycles. The summed E-state index contributed by atoms with van der Waals surface area (Å²) in [5, 5.41) is 33.7. The molecule has 0 aliphatic heterocycles. The van der Waals surface area contributed by atoms with Gasteiger partial charge in [0.15, 0.2) is 23.2 Å². The first-order valence-corrected chi connectivity index (χ1v) is 12.8. The predicted molar refractivity (Wildman–Crippen MR) is 147 cm³/mol. The number of rotatable bonds is 14. The van der Waals surface area contributed by atoms with Crippen molar-refractivity contribution < 1.29 is 52.8 Å². The van der Waals surface area contributed by atoms with Gasteiger partial charge in [0, 0.05) is 24.9 Å². The number of aliphatic hydroxyl groups is 3. The van der Waals surface area contributed by atoms with Crippen LogP contribution in [0.25, 0.3) is 0 Å². The molecular weight excluding hydrogens is 560 g/mol. The van der Waals surface area contributed by atoms with Gasteiger partial charge in [0.1, 0.15) is 6.61 Å². The predicted octanol–water partition coefficient (Wildman–Crippen LogP) is 1.63. The van der Waals surface area contributed by atoms with Crippen LogP contribution in [0.3, 0.4) is 0 Å². The third-order valence-electron chi connectivity index (χ3n) is 5.42. The summed E-state index contributed by atoms with van der Waals surface area (Å²) in [4.78, 5) is 47.4. The molecule has 0 saturated heterocycles. The molecule has 1 unspecified atom stereocenters. The number of hydrogen-bond acceptors (Lipinski definition) is 9. The highest BCUT2D eigenvalue weighted by Crippen LogP contribution is 2.21. The minimum Gasteiger partial charge on any atom is -0.480 e. The van der Waals surface area contributed by atoms with Gasteiger partial charge in [0.05, 0.1) is 11.6 Å². The monoisotopic (exact) mass is 597 g/mol. The summed E-state index contributed by atoms with van der Waals surface area (Å²) in [5.41, 5.74) is -0.0518. The summed E-state index contributed by atoms with van der Waals surface area (Å²) in [6.07, 6.45) is 1.51. The summed E-state index contributed by atoms with van der Waals surface area (Å²) in [6, 6.07) is 7.08. The molecular formula is C28H37F2N3O9. The molecule has 0 aliphatic carbocycles. The Balaban J connectivity index is 0.00000132. The van der Waals surface area contributed by atoms with Gasteiger partial charge in [-0.15, -0.1) is 0 Å². The second-order valence-corrected chi connectivity index (χ2v) is 9.89. The molecule has 6 N–H and O–H groups in total. The molecule has 232 valence electrons. The van der Waals surface area contributed by atoms with Crippen LogP contribution in [-0.2, 0) is 19.1 Å². The minimum absolute atomic E-state index is 0.0336. The zero-order valence-electron chi connectivity index (χ0n) is 23.8. The van der Waals surface area contributed by atoms with Gasteiger partial charge in [-0.2, -0.15) is 0 Å². The van der Waals surface area contributed by atoms with E-state index in [1.165, 1.54) is 18.2 Å². The maximum atomic E-state index is 13.8. The van der Waals surface area contributed by atoms with E-state index < -0.39 is 53.6 Å². The second kappa shape index (κ2) is 17.1. The highest BCUT2D eigenvalue weighted by atomic mass is 19.1. The fraction of sp³-hybridized carbons (Fsp3) is 0.429. The Morgan fingerprint density at radius 2 is 1.60 bits per heavy atom. The van der Waals surface area contributed by atoms with Gasteiger partial charge in [-0.25, -0.2) is 8.78 Å². The number of ether oxygens (including phenoxy) is 2. The van der Waals surface area contributed by atoms with Crippen LogP contribution in [0.5, 0.6) is 5.75 Å². The number of carbonyl (C=O) groups excluding carboxylic acids is 4. The van der Waals surface area contributed by atoms with Crippen LogP contribution >= 0.6 is 0 Å². The third-order valence-corrected chi connectivity index (χ3v) is 5.42. The van der Waals surface area contributed by atoms with Crippen LogP contribution in [-0.4, -0.2) is 77.2 Å². The standard InChI is InChI=1S/C23H25F2N3O8.C5H12O/c24-16-7-4-8-17(25)20(16)36-12-19(30)18(9-1-2-10-26-13-29)28-21(31)14-5-3-6-15(11-14)27-22(32)23(33,34)35;1-5(2,3)6-4/h3-8,11,13,18,33-35H,1-2,9-10,12H2,(H,26,29)(H,27,32)(H,28,31);1-4H3. The van der Waals surface area contributed by atoms with E-state index >= 15 is 0 Å². The maximum Gasteiger partial charge on any atom is 0.360 e. The molecule has 14 heteroatoms. The Labute approximate surface area is 242 Å². The number of ketones is 1. The molecule has 42 heavy (non-hydrogen) atoms. The van der Waals surface area contributed by atoms with Crippen molar-refractivity contribution in [2.75, 3.05) is 25.6 Å². The zero-order valence-corrected chi connectivity index (χ0v) is 23.8. The molecule has 0 radical (unpaired) electrons. The number of para-hydroxylation sites is 1. The van der Waals surface area contributed by atoms with E-state index in [1.54, 1.807) is 7.11 Å². The first-order valence-electron chi connectivity index (χ1n) is 12.8. The van der Waals surface area contributed by atoms with Crippen LogP contribution in [0.1, 0.15) is 50.4 Å². The number of anilines is 1.